The summed E-state index contributed by atoms with van der Waals surface area (Å²) >= 11 is 1.72. The maximum absolute atomic E-state index is 5.22. The van der Waals surface area contributed by atoms with Crippen LogP contribution >= 0.6 is 11.3 Å². The van der Waals surface area contributed by atoms with Crippen LogP contribution in [-0.4, -0.2) is 21.9 Å². The average molecular weight is 310 g/mol. The van der Waals surface area contributed by atoms with Crippen LogP contribution in [0.5, 0.6) is 5.75 Å². The van der Waals surface area contributed by atoms with E-state index in [9.17, 15) is 0 Å². The molecule has 0 bridgehead atoms. The number of methoxy groups -OCH3 is 1. The van der Waals surface area contributed by atoms with E-state index in [4.69, 9.17) is 4.74 Å². The van der Waals surface area contributed by atoms with Crippen molar-refractivity contribution in [1.29, 1.82) is 0 Å². The molecule has 110 valence electrons. The van der Waals surface area contributed by atoms with Gasteiger partial charge in [0.15, 0.2) is 0 Å². The number of nitrogens with zero attached hydrogens (tertiary/aromatic N) is 3. The number of aromatic nitrogens is 3. The number of ether oxygens (including phenoxy) is 1. The van der Waals surface area contributed by atoms with Crippen molar-refractivity contribution in [2.75, 3.05) is 12.4 Å². The summed E-state index contributed by atoms with van der Waals surface area (Å²) in [5, 5.41) is 9.75. The van der Waals surface area contributed by atoms with Crippen LogP contribution in [0.25, 0.3) is 5.70 Å². The Kier molecular flexibility index (Phi) is 3.16. The average Bonchev–Trinajstić information content (AvgIpc) is 3.25. The molecular formula is C16H14N4OS. The summed E-state index contributed by atoms with van der Waals surface area (Å²) in [7, 11) is 1.67. The first kappa shape index (κ1) is 13.1. The number of rotatable bonds is 3. The van der Waals surface area contributed by atoms with Gasteiger partial charge >= 0.3 is 0 Å². The summed E-state index contributed by atoms with van der Waals surface area (Å²) in [5.41, 5.74) is 2.12. The highest BCUT2D eigenvalue weighted by atomic mass is 32.1. The highest BCUT2D eigenvalue weighted by molar-refractivity contribution is 7.10. The van der Waals surface area contributed by atoms with Crippen LogP contribution in [0.4, 0.5) is 5.95 Å². The second kappa shape index (κ2) is 5.31. The van der Waals surface area contributed by atoms with E-state index in [1.165, 1.54) is 4.88 Å². The van der Waals surface area contributed by atoms with Crippen molar-refractivity contribution in [3.8, 4) is 5.75 Å². The summed E-state index contributed by atoms with van der Waals surface area (Å²) in [6.45, 7) is 0. The van der Waals surface area contributed by atoms with Gasteiger partial charge in [-0.05, 0) is 47.4 Å². The third-order valence-corrected chi connectivity index (χ3v) is 4.59. The van der Waals surface area contributed by atoms with Gasteiger partial charge in [-0.2, -0.15) is 10.1 Å². The molecule has 3 aromatic rings. The highest BCUT2D eigenvalue weighted by Crippen LogP contribution is 2.34. The van der Waals surface area contributed by atoms with Crippen LogP contribution in [0.2, 0.25) is 0 Å². The number of anilines is 1. The Hall–Kier alpha value is -2.60. The lowest BCUT2D eigenvalue weighted by Crippen LogP contribution is -2.19. The molecule has 1 N–H and O–H groups in total. The van der Waals surface area contributed by atoms with Gasteiger partial charge in [-0.25, -0.2) is 4.68 Å². The minimum atomic E-state index is 0.0656. The standard InChI is InChI=1S/C16H14N4OS/c1-21-12-6-4-11(5-7-12)13-9-14(15-3-2-8-22-15)20-16(19-13)17-10-18-20/h2-10,14H,1H3,(H,17,18,19). The molecule has 1 atom stereocenters. The summed E-state index contributed by atoms with van der Waals surface area (Å²) in [6.07, 6.45) is 3.75. The first-order valence-electron chi connectivity index (χ1n) is 6.91. The topological polar surface area (TPSA) is 52.0 Å². The molecule has 4 rings (SSSR count). The van der Waals surface area contributed by atoms with Crippen molar-refractivity contribution in [3.63, 3.8) is 0 Å². The Balaban J connectivity index is 1.76. The number of thiophene rings is 1. The van der Waals surface area contributed by atoms with E-state index in [0.29, 0.717) is 0 Å². The first-order chi connectivity index (χ1) is 10.8. The van der Waals surface area contributed by atoms with E-state index in [-0.39, 0.29) is 6.04 Å². The predicted molar refractivity (Wildman–Crippen MR) is 87.1 cm³/mol. The highest BCUT2D eigenvalue weighted by Gasteiger charge is 2.23. The van der Waals surface area contributed by atoms with E-state index in [0.717, 1.165) is 23.0 Å². The number of allylic oxidation sites excluding steroid dienone is 1. The van der Waals surface area contributed by atoms with Gasteiger partial charge < -0.3 is 10.1 Å². The van der Waals surface area contributed by atoms with Crippen LogP contribution in [0, 0.1) is 0 Å². The quantitative estimate of drug-likeness (QED) is 0.805. The third kappa shape index (κ3) is 2.17. The smallest absolute Gasteiger partial charge is 0.226 e. The van der Waals surface area contributed by atoms with E-state index >= 15 is 0 Å². The van der Waals surface area contributed by atoms with Gasteiger partial charge in [-0.15, -0.1) is 11.3 Å². The molecule has 1 aliphatic rings. The summed E-state index contributed by atoms with van der Waals surface area (Å²) < 4.78 is 7.12. The van der Waals surface area contributed by atoms with Crippen molar-refractivity contribution in [2.24, 2.45) is 0 Å². The lowest BCUT2D eigenvalue weighted by Gasteiger charge is -2.23. The number of hydrogen-bond acceptors (Lipinski definition) is 5. The van der Waals surface area contributed by atoms with E-state index in [1.54, 1.807) is 24.8 Å². The maximum Gasteiger partial charge on any atom is 0.226 e. The molecule has 0 spiro atoms. The summed E-state index contributed by atoms with van der Waals surface area (Å²) in [4.78, 5) is 5.54. The molecule has 0 fully saturated rings. The van der Waals surface area contributed by atoms with E-state index in [2.05, 4.69) is 39.0 Å². The third-order valence-electron chi connectivity index (χ3n) is 3.64. The largest absolute Gasteiger partial charge is 0.497 e. The fraction of sp³-hybridized carbons (Fsp3) is 0.125. The molecule has 0 radical (unpaired) electrons. The number of benzene rings is 1. The van der Waals surface area contributed by atoms with Crippen molar-refractivity contribution in [3.05, 3.63) is 64.6 Å². The molecule has 0 aliphatic carbocycles. The number of nitrogens with one attached hydrogen (secondary N) is 1. The summed E-state index contributed by atoms with van der Waals surface area (Å²) in [5.74, 6) is 1.60. The second-order valence-corrected chi connectivity index (χ2v) is 5.90. The molecule has 0 saturated heterocycles. The van der Waals surface area contributed by atoms with Crippen LogP contribution in [0.3, 0.4) is 0 Å². The predicted octanol–water partition coefficient (Wildman–Crippen LogP) is 3.40. The fourth-order valence-electron chi connectivity index (χ4n) is 2.53. The zero-order valence-corrected chi connectivity index (χ0v) is 12.7. The summed E-state index contributed by atoms with van der Waals surface area (Å²) in [6, 6.07) is 12.2. The molecule has 6 heteroatoms. The van der Waals surface area contributed by atoms with Crippen LogP contribution in [0.15, 0.2) is 54.2 Å². The Morgan fingerprint density at radius 2 is 2.09 bits per heavy atom. The molecule has 22 heavy (non-hydrogen) atoms. The Labute approximate surface area is 131 Å². The molecule has 0 amide bonds. The molecular weight excluding hydrogens is 296 g/mol. The van der Waals surface area contributed by atoms with Gasteiger partial charge in [-0.3, -0.25) is 0 Å². The second-order valence-electron chi connectivity index (χ2n) is 4.92. The van der Waals surface area contributed by atoms with Gasteiger partial charge in [0, 0.05) is 10.6 Å². The molecule has 1 aliphatic heterocycles. The molecule has 1 aromatic carbocycles. The maximum atomic E-state index is 5.22. The lowest BCUT2D eigenvalue weighted by molar-refractivity contribution is 0.415. The Morgan fingerprint density at radius 1 is 1.23 bits per heavy atom. The zero-order chi connectivity index (χ0) is 14.9. The lowest BCUT2D eigenvalue weighted by atomic mass is 10.1. The van der Waals surface area contributed by atoms with Crippen LogP contribution < -0.4 is 10.1 Å². The molecule has 1 unspecified atom stereocenters. The number of fused-ring (bicyclic) bond motifs is 1. The molecule has 5 nitrogen and oxygen atoms in total. The van der Waals surface area contributed by atoms with E-state index in [1.807, 2.05) is 28.9 Å². The van der Waals surface area contributed by atoms with E-state index < -0.39 is 0 Å². The normalized spacial score (nSPS) is 16.6. The monoisotopic (exact) mass is 310 g/mol. The fourth-order valence-corrected chi connectivity index (χ4v) is 3.31. The van der Waals surface area contributed by atoms with Crippen molar-refractivity contribution in [2.45, 2.75) is 6.04 Å². The minimum Gasteiger partial charge on any atom is -0.497 e. The first-order valence-corrected chi connectivity index (χ1v) is 7.79. The van der Waals surface area contributed by atoms with Crippen molar-refractivity contribution >= 4 is 23.0 Å². The Bertz CT molecular complexity index is 805. The molecule has 0 saturated carbocycles. The SMILES string of the molecule is COc1ccc(C2=CC(c3cccs3)n3ncnc3N2)cc1. The van der Waals surface area contributed by atoms with Crippen molar-refractivity contribution in [1.82, 2.24) is 14.8 Å². The molecule has 3 heterocycles. The molecule has 2 aromatic heterocycles. The van der Waals surface area contributed by atoms with Gasteiger partial charge in [0.1, 0.15) is 18.1 Å². The van der Waals surface area contributed by atoms with Gasteiger partial charge in [0.2, 0.25) is 5.95 Å². The van der Waals surface area contributed by atoms with Crippen LogP contribution in [0.1, 0.15) is 16.5 Å². The van der Waals surface area contributed by atoms with Crippen LogP contribution in [-0.2, 0) is 0 Å². The minimum absolute atomic E-state index is 0.0656. The van der Waals surface area contributed by atoms with Gasteiger partial charge in [-0.1, -0.05) is 6.07 Å². The zero-order valence-electron chi connectivity index (χ0n) is 11.9. The Morgan fingerprint density at radius 3 is 2.82 bits per heavy atom. The number of hydrogen-bond donors (Lipinski definition) is 1. The van der Waals surface area contributed by atoms with Gasteiger partial charge in [0.25, 0.3) is 0 Å². The van der Waals surface area contributed by atoms with Crippen molar-refractivity contribution < 1.29 is 4.74 Å². The van der Waals surface area contributed by atoms with Gasteiger partial charge in [0.05, 0.1) is 7.11 Å².